The SMILES string of the molecule is CC(C)OC(=O)c1c(NC(=O)c2cnccn2)sc2c1CC[C@H](C)C2. The summed E-state index contributed by atoms with van der Waals surface area (Å²) in [5.41, 5.74) is 1.73. The van der Waals surface area contributed by atoms with Gasteiger partial charge >= 0.3 is 5.97 Å². The number of aromatic nitrogens is 2. The summed E-state index contributed by atoms with van der Waals surface area (Å²) in [5.74, 6) is -0.182. The van der Waals surface area contributed by atoms with E-state index in [1.54, 1.807) is 0 Å². The number of nitrogens with zero attached hydrogens (tertiary/aromatic N) is 2. The third-order valence-corrected chi connectivity index (χ3v) is 5.25. The highest BCUT2D eigenvalue weighted by Crippen LogP contribution is 2.40. The first kappa shape index (κ1) is 17.5. The molecule has 1 aliphatic carbocycles. The van der Waals surface area contributed by atoms with Crippen LogP contribution in [-0.4, -0.2) is 27.9 Å². The summed E-state index contributed by atoms with van der Waals surface area (Å²) in [7, 11) is 0. The Morgan fingerprint density at radius 2 is 2.16 bits per heavy atom. The Kier molecular flexibility index (Phi) is 5.13. The summed E-state index contributed by atoms with van der Waals surface area (Å²) >= 11 is 1.46. The predicted octanol–water partition coefficient (Wildman–Crippen LogP) is 3.48. The molecule has 0 unspecified atom stereocenters. The van der Waals surface area contributed by atoms with Gasteiger partial charge in [0.05, 0.1) is 17.9 Å². The molecule has 7 heteroatoms. The molecule has 0 radical (unpaired) electrons. The molecule has 0 bridgehead atoms. The van der Waals surface area contributed by atoms with Gasteiger partial charge in [0.15, 0.2) is 0 Å². The van der Waals surface area contributed by atoms with Crippen LogP contribution in [0.1, 0.15) is 58.5 Å². The highest BCUT2D eigenvalue weighted by atomic mass is 32.1. The highest BCUT2D eigenvalue weighted by Gasteiger charge is 2.29. The van der Waals surface area contributed by atoms with Crippen molar-refractivity contribution >= 4 is 28.2 Å². The Morgan fingerprint density at radius 3 is 2.84 bits per heavy atom. The van der Waals surface area contributed by atoms with Crippen LogP contribution in [0, 0.1) is 5.92 Å². The summed E-state index contributed by atoms with van der Waals surface area (Å²) in [4.78, 5) is 34.1. The van der Waals surface area contributed by atoms with Gasteiger partial charge in [0.1, 0.15) is 10.7 Å². The minimum Gasteiger partial charge on any atom is -0.459 e. The fraction of sp³-hybridized carbons (Fsp3) is 0.444. The molecule has 1 N–H and O–H groups in total. The second-order valence-corrected chi connectivity index (χ2v) is 7.66. The number of rotatable bonds is 4. The van der Waals surface area contributed by atoms with Crippen molar-refractivity contribution in [2.75, 3.05) is 5.32 Å². The lowest BCUT2D eigenvalue weighted by Crippen LogP contribution is -2.19. The third-order valence-electron chi connectivity index (χ3n) is 4.08. The van der Waals surface area contributed by atoms with Crippen LogP contribution in [0.15, 0.2) is 18.6 Å². The van der Waals surface area contributed by atoms with Crippen LogP contribution in [-0.2, 0) is 17.6 Å². The Balaban J connectivity index is 1.94. The van der Waals surface area contributed by atoms with E-state index in [0.717, 1.165) is 29.7 Å². The van der Waals surface area contributed by atoms with Crippen molar-refractivity contribution in [3.05, 3.63) is 40.3 Å². The molecule has 0 spiro atoms. The van der Waals surface area contributed by atoms with E-state index in [1.165, 1.54) is 29.9 Å². The number of thiophene rings is 1. The smallest absolute Gasteiger partial charge is 0.341 e. The van der Waals surface area contributed by atoms with Crippen LogP contribution >= 0.6 is 11.3 Å². The number of esters is 1. The molecule has 0 saturated heterocycles. The minimum absolute atomic E-state index is 0.213. The molecule has 0 saturated carbocycles. The van der Waals surface area contributed by atoms with Crippen molar-refractivity contribution in [2.24, 2.45) is 5.92 Å². The van der Waals surface area contributed by atoms with Gasteiger partial charge in [-0.2, -0.15) is 0 Å². The van der Waals surface area contributed by atoms with Gasteiger partial charge in [-0.3, -0.25) is 9.78 Å². The van der Waals surface area contributed by atoms with Gasteiger partial charge in [0, 0.05) is 17.3 Å². The fourth-order valence-corrected chi connectivity index (χ4v) is 4.31. The van der Waals surface area contributed by atoms with Gasteiger partial charge in [0.25, 0.3) is 5.91 Å². The second kappa shape index (κ2) is 7.31. The molecule has 0 aromatic carbocycles. The quantitative estimate of drug-likeness (QED) is 0.845. The van der Waals surface area contributed by atoms with E-state index in [4.69, 9.17) is 4.74 Å². The van der Waals surface area contributed by atoms with Crippen molar-refractivity contribution in [1.82, 2.24) is 9.97 Å². The summed E-state index contributed by atoms with van der Waals surface area (Å²) in [6.45, 7) is 5.83. The normalized spacial score (nSPS) is 16.4. The molecule has 0 aliphatic heterocycles. The number of carbonyl (C=O) groups excluding carboxylic acids is 2. The maximum atomic E-state index is 12.6. The number of anilines is 1. The zero-order valence-corrected chi connectivity index (χ0v) is 15.4. The summed E-state index contributed by atoms with van der Waals surface area (Å²) < 4.78 is 5.40. The van der Waals surface area contributed by atoms with Gasteiger partial charge in [0.2, 0.25) is 0 Å². The van der Waals surface area contributed by atoms with Gasteiger partial charge in [-0.25, -0.2) is 9.78 Å². The standard InChI is InChI=1S/C18H21N3O3S/c1-10(2)24-18(23)15-12-5-4-11(3)8-14(12)25-17(15)21-16(22)13-9-19-6-7-20-13/h6-7,9-11H,4-5,8H2,1-3H3,(H,21,22)/t11-/m0/s1. The average Bonchev–Trinajstić information content (AvgIpc) is 2.91. The lowest BCUT2D eigenvalue weighted by Gasteiger charge is -2.18. The first-order valence-electron chi connectivity index (χ1n) is 8.38. The topological polar surface area (TPSA) is 81.2 Å². The molecular weight excluding hydrogens is 338 g/mol. The van der Waals surface area contributed by atoms with E-state index in [9.17, 15) is 9.59 Å². The lowest BCUT2D eigenvalue weighted by atomic mass is 9.88. The summed E-state index contributed by atoms with van der Waals surface area (Å²) in [5, 5.41) is 3.37. The second-order valence-electron chi connectivity index (χ2n) is 6.55. The molecular formula is C18H21N3O3S. The van der Waals surface area contributed by atoms with Crippen molar-refractivity contribution < 1.29 is 14.3 Å². The molecule has 132 valence electrons. The monoisotopic (exact) mass is 359 g/mol. The molecule has 1 aliphatic rings. The largest absolute Gasteiger partial charge is 0.459 e. The molecule has 1 amide bonds. The van der Waals surface area contributed by atoms with E-state index in [0.29, 0.717) is 16.5 Å². The zero-order valence-electron chi connectivity index (χ0n) is 14.5. The van der Waals surface area contributed by atoms with E-state index in [2.05, 4.69) is 22.2 Å². The number of ether oxygens (including phenoxy) is 1. The molecule has 0 fully saturated rings. The van der Waals surface area contributed by atoms with Crippen LogP contribution in [0.3, 0.4) is 0 Å². The van der Waals surface area contributed by atoms with Gasteiger partial charge in [-0.15, -0.1) is 11.3 Å². The number of carbonyl (C=O) groups is 2. The Labute approximate surface area is 150 Å². The number of amides is 1. The Morgan fingerprint density at radius 1 is 1.36 bits per heavy atom. The third kappa shape index (κ3) is 3.87. The van der Waals surface area contributed by atoms with E-state index < -0.39 is 0 Å². The fourth-order valence-electron chi connectivity index (χ4n) is 2.91. The summed E-state index contributed by atoms with van der Waals surface area (Å²) in [6, 6.07) is 0. The van der Waals surface area contributed by atoms with Gasteiger partial charge in [-0.1, -0.05) is 6.92 Å². The van der Waals surface area contributed by atoms with Crippen molar-refractivity contribution in [1.29, 1.82) is 0 Å². The first-order valence-corrected chi connectivity index (χ1v) is 9.20. The maximum absolute atomic E-state index is 12.6. The first-order chi connectivity index (χ1) is 12.0. The molecule has 25 heavy (non-hydrogen) atoms. The highest BCUT2D eigenvalue weighted by molar-refractivity contribution is 7.17. The lowest BCUT2D eigenvalue weighted by molar-refractivity contribution is 0.0378. The van der Waals surface area contributed by atoms with Crippen molar-refractivity contribution in [3.8, 4) is 0 Å². The number of fused-ring (bicyclic) bond motifs is 1. The zero-order chi connectivity index (χ0) is 18.0. The molecule has 6 nitrogen and oxygen atoms in total. The van der Waals surface area contributed by atoms with Gasteiger partial charge < -0.3 is 10.1 Å². The average molecular weight is 359 g/mol. The maximum Gasteiger partial charge on any atom is 0.341 e. The number of nitrogens with one attached hydrogen (secondary N) is 1. The van der Waals surface area contributed by atoms with Crippen molar-refractivity contribution in [2.45, 2.75) is 46.1 Å². The van der Waals surface area contributed by atoms with Crippen LogP contribution in [0.2, 0.25) is 0 Å². The van der Waals surface area contributed by atoms with Crippen LogP contribution < -0.4 is 5.32 Å². The van der Waals surface area contributed by atoms with Crippen LogP contribution in [0.4, 0.5) is 5.00 Å². The molecule has 1 atom stereocenters. The van der Waals surface area contributed by atoms with E-state index in [1.807, 2.05) is 13.8 Å². The molecule has 2 aromatic heterocycles. The van der Waals surface area contributed by atoms with Crippen LogP contribution in [0.25, 0.3) is 0 Å². The van der Waals surface area contributed by atoms with Crippen LogP contribution in [0.5, 0.6) is 0 Å². The van der Waals surface area contributed by atoms with E-state index >= 15 is 0 Å². The van der Waals surface area contributed by atoms with Gasteiger partial charge in [-0.05, 0) is 44.6 Å². The molecule has 2 heterocycles. The van der Waals surface area contributed by atoms with Crippen molar-refractivity contribution in [3.63, 3.8) is 0 Å². The molecule has 3 rings (SSSR count). The predicted molar refractivity (Wildman–Crippen MR) is 96.0 cm³/mol. The molecule has 2 aromatic rings. The summed E-state index contributed by atoms with van der Waals surface area (Å²) in [6.07, 6.45) is 6.94. The Hall–Kier alpha value is -2.28. The van der Waals surface area contributed by atoms with E-state index in [-0.39, 0.29) is 23.7 Å². The number of hydrogen-bond donors (Lipinski definition) is 1. The number of hydrogen-bond acceptors (Lipinski definition) is 6. The minimum atomic E-state index is -0.378. The Bertz CT molecular complexity index is 786.